The molecule has 0 spiro atoms. The minimum absolute atomic E-state index is 1.20. The van der Waals surface area contributed by atoms with E-state index in [1.165, 1.54) is 128 Å². The molecule has 0 bridgehead atoms. The summed E-state index contributed by atoms with van der Waals surface area (Å²) in [7, 11) is 0. The number of unbranched alkanes of at least 4 members (excludes halogenated alkanes) is 17. The lowest BCUT2D eigenvalue weighted by atomic mass is 10.1. The van der Waals surface area contributed by atoms with Gasteiger partial charge in [0.15, 0.2) is 0 Å². The van der Waals surface area contributed by atoms with E-state index in [1.807, 2.05) is 0 Å². The molecule has 0 radical (unpaired) electrons. The van der Waals surface area contributed by atoms with Crippen molar-refractivity contribution < 1.29 is 0 Å². The molecule has 0 aromatic heterocycles. The largest absolute Gasteiger partial charge is 0.0845 e. The van der Waals surface area contributed by atoms with E-state index in [2.05, 4.69) is 86.8 Å². The van der Waals surface area contributed by atoms with Crippen molar-refractivity contribution >= 4 is 0 Å². The van der Waals surface area contributed by atoms with Gasteiger partial charge >= 0.3 is 0 Å². The Labute approximate surface area is 215 Å². The molecule has 0 saturated carbocycles. The van der Waals surface area contributed by atoms with Crippen LogP contribution in [0.4, 0.5) is 0 Å². The van der Waals surface area contributed by atoms with Crippen LogP contribution in [0.15, 0.2) is 72.9 Å². The fourth-order valence-corrected chi connectivity index (χ4v) is 3.91. The minimum atomic E-state index is 1.20. The van der Waals surface area contributed by atoms with Crippen LogP contribution in [0.25, 0.3) is 0 Å². The van der Waals surface area contributed by atoms with Crippen molar-refractivity contribution in [1.82, 2.24) is 0 Å². The van der Waals surface area contributed by atoms with Crippen LogP contribution >= 0.6 is 0 Å². The minimum Gasteiger partial charge on any atom is -0.0845 e. The second-order valence-corrected chi connectivity index (χ2v) is 9.59. The van der Waals surface area contributed by atoms with E-state index in [4.69, 9.17) is 0 Å². The van der Waals surface area contributed by atoms with Crippen LogP contribution in [0.3, 0.4) is 0 Å². The first-order chi connectivity index (χ1) is 16.9. The first kappa shape index (κ1) is 32.4. The van der Waals surface area contributed by atoms with Crippen LogP contribution in [0.5, 0.6) is 0 Å². The summed E-state index contributed by atoms with van der Waals surface area (Å²) in [4.78, 5) is 0. The van der Waals surface area contributed by atoms with Gasteiger partial charge in [-0.15, -0.1) is 0 Å². The monoisotopic (exact) mass is 466 g/mol. The molecule has 34 heavy (non-hydrogen) atoms. The Bertz CT molecular complexity index is 540. The number of hydrogen-bond acceptors (Lipinski definition) is 0. The highest BCUT2D eigenvalue weighted by molar-refractivity contribution is 5.11. The van der Waals surface area contributed by atoms with Crippen molar-refractivity contribution in [2.45, 2.75) is 142 Å². The average Bonchev–Trinajstić information content (AvgIpc) is 2.85. The number of rotatable bonds is 25. The smallest absolute Gasteiger partial charge is 0.0348 e. The predicted octanol–water partition coefficient (Wildman–Crippen LogP) is 12.2. The summed E-state index contributed by atoms with van der Waals surface area (Å²) in [6, 6.07) is 0. The normalized spacial score (nSPS) is 12.9. The third kappa shape index (κ3) is 30.4. The third-order valence-electron chi connectivity index (χ3n) is 6.15. The van der Waals surface area contributed by atoms with E-state index in [0.29, 0.717) is 0 Å². The molecular formula is C34H58. The van der Waals surface area contributed by atoms with Gasteiger partial charge in [0.1, 0.15) is 0 Å². The fourth-order valence-electron chi connectivity index (χ4n) is 3.91. The summed E-state index contributed by atoms with van der Waals surface area (Å²) in [6.07, 6.45) is 53.5. The lowest BCUT2D eigenvalue weighted by molar-refractivity contribution is 0.566. The van der Waals surface area contributed by atoms with Crippen molar-refractivity contribution in [3.63, 3.8) is 0 Å². The molecule has 0 nitrogen and oxygen atoms in total. The Hall–Kier alpha value is -1.56. The van der Waals surface area contributed by atoms with Crippen LogP contribution in [0.1, 0.15) is 142 Å². The summed E-state index contributed by atoms with van der Waals surface area (Å²) >= 11 is 0. The fraction of sp³-hybridized carbons (Fsp3) is 0.647. The van der Waals surface area contributed by atoms with Gasteiger partial charge in [-0.25, -0.2) is 0 Å². The molecule has 0 fully saturated rings. The van der Waals surface area contributed by atoms with E-state index >= 15 is 0 Å². The maximum absolute atomic E-state index is 2.32. The molecule has 0 aliphatic carbocycles. The zero-order chi connectivity index (χ0) is 24.6. The predicted molar refractivity (Wildman–Crippen MR) is 159 cm³/mol. The second-order valence-electron chi connectivity index (χ2n) is 9.59. The molecule has 0 N–H and O–H groups in total. The molecule has 194 valence electrons. The lowest BCUT2D eigenvalue weighted by Crippen LogP contribution is -1.80. The lowest BCUT2D eigenvalue weighted by Gasteiger charge is -2.00. The Morgan fingerprint density at radius 3 is 0.853 bits per heavy atom. The molecule has 0 atom stereocenters. The van der Waals surface area contributed by atoms with E-state index in [-0.39, 0.29) is 0 Å². The van der Waals surface area contributed by atoms with Crippen molar-refractivity contribution in [2.75, 3.05) is 0 Å². The van der Waals surface area contributed by atoms with E-state index in [0.717, 1.165) is 0 Å². The van der Waals surface area contributed by atoms with E-state index < -0.39 is 0 Å². The van der Waals surface area contributed by atoms with Gasteiger partial charge < -0.3 is 0 Å². The zero-order valence-corrected chi connectivity index (χ0v) is 23.1. The Morgan fingerprint density at radius 1 is 0.265 bits per heavy atom. The quantitative estimate of drug-likeness (QED) is 0.0926. The van der Waals surface area contributed by atoms with Gasteiger partial charge in [-0.05, 0) is 44.9 Å². The van der Waals surface area contributed by atoms with Gasteiger partial charge in [0.2, 0.25) is 0 Å². The molecule has 0 heteroatoms. The standard InChI is InChI=1S/C34H58/c1-3-5-7-9-11-13-15-17-19-21-23-25-27-29-31-33-34-32-30-28-26-24-22-20-18-16-14-12-10-8-6-4-2/h9,11,13,15,17,19,24,26,28,30,32,34H,3-8,10,12,14,16,18,20-23,25,27,29,31,33H2,1-2H3. The molecule has 0 heterocycles. The van der Waals surface area contributed by atoms with Crippen molar-refractivity contribution in [2.24, 2.45) is 0 Å². The third-order valence-corrected chi connectivity index (χ3v) is 6.15. The van der Waals surface area contributed by atoms with E-state index in [1.54, 1.807) is 0 Å². The molecule has 0 unspecified atom stereocenters. The summed E-state index contributed by atoms with van der Waals surface area (Å²) in [6.45, 7) is 4.53. The summed E-state index contributed by atoms with van der Waals surface area (Å²) in [5.41, 5.74) is 0. The van der Waals surface area contributed by atoms with Gasteiger partial charge in [0.05, 0.1) is 0 Å². The summed E-state index contributed by atoms with van der Waals surface area (Å²) in [5, 5.41) is 0. The molecule has 0 saturated heterocycles. The van der Waals surface area contributed by atoms with Crippen LogP contribution < -0.4 is 0 Å². The van der Waals surface area contributed by atoms with Crippen LogP contribution in [0.2, 0.25) is 0 Å². The molecule has 0 aromatic carbocycles. The van der Waals surface area contributed by atoms with Crippen molar-refractivity contribution in [3.05, 3.63) is 72.9 Å². The molecule has 0 amide bonds. The highest BCUT2D eigenvalue weighted by Gasteiger charge is 1.91. The van der Waals surface area contributed by atoms with Crippen molar-refractivity contribution in [1.29, 1.82) is 0 Å². The SMILES string of the molecule is CCCCC=CC=CC=CCCCCCCCC=CC=CC=CCCCCCCCCCCC. The average molecular weight is 467 g/mol. The topological polar surface area (TPSA) is 0 Å². The van der Waals surface area contributed by atoms with Crippen LogP contribution in [-0.4, -0.2) is 0 Å². The highest BCUT2D eigenvalue weighted by atomic mass is 14.0. The van der Waals surface area contributed by atoms with Gasteiger partial charge in [-0.3, -0.25) is 0 Å². The molecule has 0 aliphatic heterocycles. The first-order valence-electron chi connectivity index (χ1n) is 14.9. The zero-order valence-electron chi connectivity index (χ0n) is 23.1. The maximum atomic E-state index is 2.32. The van der Waals surface area contributed by atoms with Gasteiger partial charge in [0, 0.05) is 0 Å². The first-order valence-corrected chi connectivity index (χ1v) is 14.9. The number of allylic oxidation sites excluding steroid dienone is 12. The molecule has 0 rings (SSSR count). The van der Waals surface area contributed by atoms with Crippen LogP contribution in [0, 0.1) is 0 Å². The summed E-state index contributed by atoms with van der Waals surface area (Å²) in [5.74, 6) is 0. The van der Waals surface area contributed by atoms with Gasteiger partial charge in [-0.1, -0.05) is 170 Å². The molecule has 0 aliphatic rings. The van der Waals surface area contributed by atoms with Gasteiger partial charge in [0.25, 0.3) is 0 Å². The Balaban J connectivity index is 3.36. The molecule has 0 aromatic rings. The summed E-state index contributed by atoms with van der Waals surface area (Å²) < 4.78 is 0. The van der Waals surface area contributed by atoms with Crippen LogP contribution in [-0.2, 0) is 0 Å². The highest BCUT2D eigenvalue weighted by Crippen LogP contribution is 2.11. The number of hydrogen-bond donors (Lipinski definition) is 0. The Morgan fingerprint density at radius 2 is 0.529 bits per heavy atom. The van der Waals surface area contributed by atoms with Gasteiger partial charge in [-0.2, -0.15) is 0 Å². The second kappa shape index (κ2) is 31.4. The Kier molecular flexibility index (Phi) is 30.0. The van der Waals surface area contributed by atoms with E-state index in [9.17, 15) is 0 Å². The maximum Gasteiger partial charge on any atom is -0.0348 e. The molecular weight excluding hydrogens is 408 g/mol. The van der Waals surface area contributed by atoms with Crippen molar-refractivity contribution in [3.8, 4) is 0 Å².